The third-order valence-corrected chi connectivity index (χ3v) is 3.57. The number of nitro groups is 1. The van der Waals surface area contributed by atoms with Gasteiger partial charge in [0.25, 0.3) is 0 Å². The van der Waals surface area contributed by atoms with Crippen LogP contribution >= 0.6 is 0 Å². The molecule has 0 aliphatic heterocycles. The van der Waals surface area contributed by atoms with E-state index in [9.17, 15) is 14.9 Å². The first-order valence-corrected chi connectivity index (χ1v) is 6.57. The summed E-state index contributed by atoms with van der Waals surface area (Å²) < 4.78 is 5.50. The summed E-state index contributed by atoms with van der Waals surface area (Å²) in [6.07, 6.45) is 6.55. The standard InChI is InChI=1S/C14H17NO4/c16-10-12-5-6-14(13(9-12)15(17)18)19-8-7-11-3-1-2-4-11/h5-6,9-11H,1-4,7-8H2. The number of nitrogens with zero attached hydrogens (tertiary/aromatic N) is 1. The minimum atomic E-state index is -0.516. The molecule has 0 heterocycles. The maximum Gasteiger partial charge on any atom is 0.311 e. The molecular weight excluding hydrogens is 246 g/mol. The summed E-state index contributed by atoms with van der Waals surface area (Å²) in [5, 5.41) is 10.9. The zero-order chi connectivity index (χ0) is 13.7. The first-order chi connectivity index (χ1) is 9.20. The van der Waals surface area contributed by atoms with Crippen LogP contribution in [0.5, 0.6) is 5.75 Å². The fraction of sp³-hybridized carbons (Fsp3) is 0.500. The Morgan fingerprint density at radius 3 is 2.74 bits per heavy atom. The Labute approximate surface area is 111 Å². The number of hydrogen-bond acceptors (Lipinski definition) is 4. The van der Waals surface area contributed by atoms with E-state index in [0.717, 1.165) is 6.42 Å². The topological polar surface area (TPSA) is 69.4 Å². The van der Waals surface area contributed by atoms with Crippen molar-refractivity contribution in [3.63, 3.8) is 0 Å². The quantitative estimate of drug-likeness (QED) is 0.448. The van der Waals surface area contributed by atoms with Gasteiger partial charge in [0.2, 0.25) is 0 Å². The van der Waals surface area contributed by atoms with E-state index in [1.807, 2.05) is 0 Å². The van der Waals surface area contributed by atoms with Crippen LogP contribution in [-0.2, 0) is 0 Å². The van der Waals surface area contributed by atoms with Crippen molar-refractivity contribution in [3.8, 4) is 5.75 Å². The summed E-state index contributed by atoms with van der Waals surface area (Å²) in [6.45, 7) is 0.492. The lowest BCUT2D eigenvalue weighted by Crippen LogP contribution is -2.05. The maximum atomic E-state index is 10.9. The third kappa shape index (κ3) is 3.53. The predicted octanol–water partition coefficient (Wildman–Crippen LogP) is 3.37. The van der Waals surface area contributed by atoms with E-state index in [-0.39, 0.29) is 17.0 Å². The molecule has 1 aliphatic rings. The van der Waals surface area contributed by atoms with Gasteiger partial charge in [0, 0.05) is 11.6 Å². The summed E-state index contributed by atoms with van der Waals surface area (Å²) in [5.74, 6) is 0.932. The number of carbonyl (C=O) groups is 1. The Hall–Kier alpha value is -1.91. The third-order valence-electron chi connectivity index (χ3n) is 3.57. The van der Waals surface area contributed by atoms with Gasteiger partial charge in [0.15, 0.2) is 5.75 Å². The first-order valence-electron chi connectivity index (χ1n) is 6.57. The van der Waals surface area contributed by atoms with Crippen LogP contribution in [0.15, 0.2) is 18.2 Å². The van der Waals surface area contributed by atoms with Gasteiger partial charge in [-0.25, -0.2) is 0 Å². The lowest BCUT2D eigenvalue weighted by molar-refractivity contribution is -0.385. The van der Waals surface area contributed by atoms with Crippen LogP contribution in [0.25, 0.3) is 0 Å². The van der Waals surface area contributed by atoms with Crippen molar-refractivity contribution in [1.82, 2.24) is 0 Å². The van der Waals surface area contributed by atoms with Crippen molar-refractivity contribution < 1.29 is 14.5 Å². The molecule has 5 nitrogen and oxygen atoms in total. The van der Waals surface area contributed by atoms with Crippen LogP contribution in [0, 0.1) is 16.0 Å². The zero-order valence-electron chi connectivity index (χ0n) is 10.7. The number of nitro benzene ring substituents is 1. The molecule has 0 atom stereocenters. The molecule has 102 valence electrons. The molecule has 1 saturated carbocycles. The van der Waals surface area contributed by atoms with Gasteiger partial charge in [-0.05, 0) is 24.5 Å². The second-order valence-electron chi connectivity index (χ2n) is 4.89. The molecule has 0 bridgehead atoms. The van der Waals surface area contributed by atoms with Gasteiger partial charge in [-0.3, -0.25) is 14.9 Å². The lowest BCUT2D eigenvalue weighted by atomic mass is 10.1. The van der Waals surface area contributed by atoms with Crippen LogP contribution < -0.4 is 4.74 Å². The summed E-state index contributed by atoms with van der Waals surface area (Å²) in [6, 6.07) is 4.28. The highest BCUT2D eigenvalue weighted by molar-refractivity contribution is 5.77. The second kappa shape index (κ2) is 6.31. The molecule has 0 spiro atoms. The van der Waals surface area contributed by atoms with E-state index >= 15 is 0 Å². The van der Waals surface area contributed by atoms with Gasteiger partial charge in [-0.15, -0.1) is 0 Å². The van der Waals surface area contributed by atoms with Crippen LogP contribution in [0.2, 0.25) is 0 Å². The van der Waals surface area contributed by atoms with Crippen molar-refractivity contribution in [2.45, 2.75) is 32.1 Å². The number of rotatable bonds is 6. The number of aldehydes is 1. The molecule has 0 aromatic heterocycles. The fourth-order valence-electron chi connectivity index (χ4n) is 2.51. The van der Waals surface area contributed by atoms with E-state index in [1.54, 1.807) is 0 Å². The Bertz CT molecular complexity index is 467. The van der Waals surface area contributed by atoms with E-state index < -0.39 is 4.92 Å². The normalized spacial score (nSPS) is 15.4. The monoisotopic (exact) mass is 263 g/mol. The average molecular weight is 263 g/mol. The van der Waals surface area contributed by atoms with Crippen molar-refractivity contribution in [3.05, 3.63) is 33.9 Å². The van der Waals surface area contributed by atoms with E-state index in [0.29, 0.717) is 18.8 Å². The number of carbonyl (C=O) groups excluding carboxylic acids is 1. The maximum absolute atomic E-state index is 10.9. The minimum Gasteiger partial charge on any atom is -0.487 e. The molecule has 5 heteroatoms. The molecule has 2 rings (SSSR count). The zero-order valence-corrected chi connectivity index (χ0v) is 10.7. The first kappa shape index (κ1) is 13.5. The van der Waals surface area contributed by atoms with E-state index in [1.165, 1.54) is 43.9 Å². The highest BCUT2D eigenvalue weighted by Gasteiger charge is 2.18. The Kier molecular flexibility index (Phi) is 4.49. The van der Waals surface area contributed by atoms with Crippen LogP contribution in [0.3, 0.4) is 0 Å². The average Bonchev–Trinajstić information content (AvgIpc) is 2.92. The van der Waals surface area contributed by atoms with E-state index in [2.05, 4.69) is 0 Å². The van der Waals surface area contributed by atoms with Crippen LogP contribution in [0.4, 0.5) is 5.69 Å². The smallest absolute Gasteiger partial charge is 0.311 e. The van der Waals surface area contributed by atoms with Gasteiger partial charge in [0.1, 0.15) is 6.29 Å². The van der Waals surface area contributed by atoms with Gasteiger partial charge in [-0.1, -0.05) is 25.7 Å². The Morgan fingerprint density at radius 2 is 2.11 bits per heavy atom. The van der Waals surface area contributed by atoms with Crippen LogP contribution in [-0.4, -0.2) is 17.8 Å². The SMILES string of the molecule is O=Cc1ccc(OCCC2CCCC2)c([N+](=O)[O-])c1. The molecule has 0 saturated heterocycles. The number of ether oxygens (including phenoxy) is 1. The molecule has 0 N–H and O–H groups in total. The molecule has 0 amide bonds. The summed E-state index contributed by atoms with van der Waals surface area (Å²) in [4.78, 5) is 21.0. The molecule has 0 radical (unpaired) electrons. The van der Waals surface area contributed by atoms with Crippen molar-refractivity contribution in [2.24, 2.45) is 5.92 Å². The largest absolute Gasteiger partial charge is 0.487 e. The van der Waals surface area contributed by atoms with Gasteiger partial charge in [0.05, 0.1) is 11.5 Å². The second-order valence-corrected chi connectivity index (χ2v) is 4.89. The summed E-state index contributed by atoms with van der Waals surface area (Å²) in [7, 11) is 0. The Balaban J connectivity index is 1.98. The Morgan fingerprint density at radius 1 is 1.37 bits per heavy atom. The molecule has 19 heavy (non-hydrogen) atoms. The molecule has 1 aromatic rings. The fourth-order valence-corrected chi connectivity index (χ4v) is 2.51. The molecular formula is C14H17NO4. The molecule has 0 unspecified atom stereocenters. The van der Waals surface area contributed by atoms with E-state index in [4.69, 9.17) is 4.74 Å². The lowest BCUT2D eigenvalue weighted by Gasteiger charge is -2.10. The van der Waals surface area contributed by atoms with Gasteiger partial charge < -0.3 is 4.74 Å². The van der Waals surface area contributed by atoms with Gasteiger partial charge >= 0.3 is 5.69 Å². The minimum absolute atomic E-state index is 0.143. The highest BCUT2D eigenvalue weighted by Crippen LogP contribution is 2.30. The van der Waals surface area contributed by atoms with Gasteiger partial charge in [-0.2, -0.15) is 0 Å². The van der Waals surface area contributed by atoms with Crippen molar-refractivity contribution >= 4 is 12.0 Å². The number of hydrogen-bond donors (Lipinski definition) is 0. The molecule has 1 aromatic carbocycles. The summed E-state index contributed by atoms with van der Waals surface area (Å²) >= 11 is 0. The summed E-state index contributed by atoms with van der Waals surface area (Å²) in [5.41, 5.74) is 0.144. The van der Waals surface area contributed by atoms with Crippen LogP contribution in [0.1, 0.15) is 42.5 Å². The molecule has 1 aliphatic carbocycles. The predicted molar refractivity (Wildman–Crippen MR) is 70.6 cm³/mol. The van der Waals surface area contributed by atoms with Crippen molar-refractivity contribution in [1.29, 1.82) is 0 Å². The highest BCUT2D eigenvalue weighted by atomic mass is 16.6. The van der Waals surface area contributed by atoms with Crippen molar-refractivity contribution in [2.75, 3.05) is 6.61 Å². The number of benzene rings is 1. The molecule has 1 fully saturated rings.